The van der Waals surface area contributed by atoms with Crippen LogP contribution < -0.4 is 10.2 Å². The first-order chi connectivity index (χ1) is 13.5. The summed E-state index contributed by atoms with van der Waals surface area (Å²) < 4.78 is 1.66. The highest BCUT2D eigenvalue weighted by molar-refractivity contribution is 6.33. The van der Waals surface area contributed by atoms with Gasteiger partial charge < -0.3 is 5.32 Å². The van der Waals surface area contributed by atoms with Crippen LogP contribution in [0.15, 0.2) is 60.3 Å². The zero-order valence-electron chi connectivity index (χ0n) is 14.8. The summed E-state index contributed by atoms with van der Waals surface area (Å²) in [7, 11) is 0. The van der Waals surface area contributed by atoms with Crippen molar-refractivity contribution in [3.05, 3.63) is 82.0 Å². The third kappa shape index (κ3) is 2.44. The minimum absolute atomic E-state index is 0.0516. The average Bonchev–Trinajstić information content (AvgIpc) is 3.21. The SMILES string of the molecule is CC1=CC(c2ccc(Cl)cc2)n2nc(N3C(=O)c4ccccc4C3=O)nc2N1. The number of imide groups is 1. The number of nitrogens with zero attached hydrogens (tertiary/aromatic N) is 4. The van der Waals surface area contributed by atoms with Crippen molar-refractivity contribution in [1.29, 1.82) is 0 Å². The van der Waals surface area contributed by atoms with Crippen molar-refractivity contribution in [3.63, 3.8) is 0 Å². The number of carbonyl (C=O) groups excluding carboxylic acids is 2. The van der Waals surface area contributed by atoms with Crippen molar-refractivity contribution >= 4 is 35.3 Å². The predicted molar refractivity (Wildman–Crippen MR) is 105 cm³/mol. The molecule has 1 aromatic heterocycles. The Labute approximate surface area is 165 Å². The molecule has 2 aliphatic rings. The molecule has 2 amide bonds. The van der Waals surface area contributed by atoms with Gasteiger partial charge in [0.1, 0.15) is 6.04 Å². The smallest absolute Gasteiger partial charge is 0.268 e. The topological polar surface area (TPSA) is 80.1 Å². The molecule has 8 heteroatoms. The van der Waals surface area contributed by atoms with E-state index in [1.54, 1.807) is 28.9 Å². The van der Waals surface area contributed by atoms with E-state index in [9.17, 15) is 9.59 Å². The first kappa shape index (κ1) is 16.7. The van der Waals surface area contributed by atoms with Gasteiger partial charge in [-0.25, -0.2) is 9.58 Å². The van der Waals surface area contributed by atoms with Gasteiger partial charge in [0.25, 0.3) is 17.8 Å². The summed E-state index contributed by atoms with van der Waals surface area (Å²) in [5.41, 5.74) is 2.58. The molecule has 5 rings (SSSR count). The highest BCUT2D eigenvalue weighted by Gasteiger charge is 2.39. The Bertz CT molecular complexity index is 1130. The molecule has 0 radical (unpaired) electrons. The molecule has 0 aliphatic carbocycles. The number of benzene rings is 2. The predicted octanol–water partition coefficient (Wildman–Crippen LogP) is 3.65. The van der Waals surface area contributed by atoms with E-state index in [1.807, 2.05) is 37.3 Å². The minimum Gasteiger partial charge on any atom is -0.329 e. The van der Waals surface area contributed by atoms with Crippen LogP contribution in [0, 0.1) is 0 Å². The molecule has 2 aromatic carbocycles. The van der Waals surface area contributed by atoms with Crippen LogP contribution in [-0.2, 0) is 0 Å². The molecule has 7 nitrogen and oxygen atoms in total. The quantitative estimate of drug-likeness (QED) is 0.674. The standard InChI is InChI=1S/C20H14ClN5O2/c1-11-10-16(12-6-8-13(21)9-7-12)26-19(22-11)23-20(24-26)25-17(27)14-4-2-3-5-15(14)18(25)28/h2-10,16H,1H3,(H,22,23,24). The zero-order chi connectivity index (χ0) is 19.4. The molecule has 0 bridgehead atoms. The number of halogens is 1. The Balaban J connectivity index is 1.58. The van der Waals surface area contributed by atoms with Crippen molar-refractivity contribution in [1.82, 2.24) is 14.8 Å². The van der Waals surface area contributed by atoms with Crippen LogP contribution in [0.1, 0.15) is 39.2 Å². The van der Waals surface area contributed by atoms with Crippen LogP contribution in [0.25, 0.3) is 0 Å². The van der Waals surface area contributed by atoms with Gasteiger partial charge in [0.2, 0.25) is 5.95 Å². The number of allylic oxidation sites excluding steroid dienone is 2. The summed E-state index contributed by atoms with van der Waals surface area (Å²) in [6.07, 6.45) is 2.00. The molecule has 0 saturated heterocycles. The maximum Gasteiger partial charge on any atom is 0.268 e. The van der Waals surface area contributed by atoms with Gasteiger partial charge in [-0.15, -0.1) is 5.10 Å². The second kappa shape index (κ2) is 6.03. The van der Waals surface area contributed by atoms with E-state index in [1.165, 1.54) is 0 Å². The van der Waals surface area contributed by atoms with Gasteiger partial charge in [-0.2, -0.15) is 4.98 Å². The van der Waals surface area contributed by atoms with Gasteiger partial charge in [0, 0.05) is 10.7 Å². The molecule has 0 fully saturated rings. The number of fused-ring (bicyclic) bond motifs is 2. The van der Waals surface area contributed by atoms with Crippen LogP contribution in [0.3, 0.4) is 0 Å². The molecule has 1 N–H and O–H groups in total. The van der Waals surface area contributed by atoms with E-state index in [-0.39, 0.29) is 12.0 Å². The lowest BCUT2D eigenvalue weighted by molar-refractivity contribution is 0.0924. The molecule has 28 heavy (non-hydrogen) atoms. The van der Waals surface area contributed by atoms with Crippen LogP contribution in [-0.4, -0.2) is 26.6 Å². The maximum atomic E-state index is 12.7. The second-order valence-corrected chi connectivity index (χ2v) is 7.08. The normalized spacial score (nSPS) is 17.9. The van der Waals surface area contributed by atoms with Crippen LogP contribution >= 0.6 is 11.6 Å². The van der Waals surface area contributed by atoms with E-state index in [2.05, 4.69) is 15.4 Å². The van der Waals surface area contributed by atoms with E-state index in [0.29, 0.717) is 22.1 Å². The number of nitrogens with one attached hydrogen (secondary N) is 1. The molecule has 138 valence electrons. The number of aromatic nitrogens is 3. The lowest BCUT2D eigenvalue weighted by Gasteiger charge is -2.22. The summed E-state index contributed by atoms with van der Waals surface area (Å²) >= 11 is 6.00. The van der Waals surface area contributed by atoms with E-state index in [0.717, 1.165) is 16.2 Å². The number of hydrogen-bond acceptors (Lipinski definition) is 5. The summed E-state index contributed by atoms with van der Waals surface area (Å²) in [5.74, 6) is -0.324. The van der Waals surface area contributed by atoms with Gasteiger partial charge >= 0.3 is 0 Å². The lowest BCUT2D eigenvalue weighted by atomic mass is 10.1. The number of hydrogen-bond donors (Lipinski definition) is 1. The molecule has 0 spiro atoms. The fourth-order valence-electron chi connectivity index (χ4n) is 3.48. The van der Waals surface area contributed by atoms with E-state index in [4.69, 9.17) is 11.6 Å². The Kier molecular flexibility index (Phi) is 3.60. The molecular formula is C20H14ClN5O2. The number of rotatable bonds is 2. The molecule has 1 atom stereocenters. The largest absolute Gasteiger partial charge is 0.329 e. The minimum atomic E-state index is -0.420. The molecule has 1 unspecified atom stereocenters. The van der Waals surface area contributed by atoms with Crippen LogP contribution in [0.2, 0.25) is 5.02 Å². The van der Waals surface area contributed by atoms with Crippen molar-refractivity contribution in [2.75, 3.05) is 10.2 Å². The van der Waals surface area contributed by atoms with Crippen molar-refractivity contribution in [2.24, 2.45) is 0 Å². The van der Waals surface area contributed by atoms with E-state index < -0.39 is 11.8 Å². The Morgan fingerprint density at radius 1 is 1.00 bits per heavy atom. The van der Waals surface area contributed by atoms with Crippen LogP contribution in [0.4, 0.5) is 11.9 Å². The van der Waals surface area contributed by atoms with Crippen molar-refractivity contribution in [3.8, 4) is 0 Å². The van der Waals surface area contributed by atoms with Crippen LogP contribution in [0.5, 0.6) is 0 Å². The Morgan fingerprint density at radius 3 is 2.29 bits per heavy atom. The monoisotopic (exact) mass is 391 g/mol. The zero-order valence-corrected chi connectivity index (χ0v) is 15.5. The first-order valence-electron chi connectivity index (χ1n) is 8.68. The highest BCUT2D eigenvalue weighted by Crippen LogP contribution is 2.33. The molecule has 2 aliphatic heterocycles. The molecule has 3 aromatic rings. The van der Waals surface area contributed by atoms with Gasteiger partial charge in [-0.3, -0.25) is 9.59 Å². The third-order valence-electron chi connectivity index (χ3n) is 4.81. The van der Waals surface area contributed by atoms with Gasteiger partial charge in [0.15, 0.2) is 0 Å². The number of anilines is 2. The van der Waals surface area contributed by atoms with Crippen molar-refractivity contribution < 1.29 is 9.59 Å². The lowest BCUT2D eigenvalue weighted by Crippen LogP contribution is -2.30. The number of amides is 2. The van der Waals surface area contributed by atoms with Crippen molar-refractivity contribution in [2.45, 2.75) is 13.0 Å². The summed E-state index contributed by atoms with van der Waals surface area (Å²) in [5, 5.41) is 8.26. The van der Waals surface area contributed by atoms with Gasteiger partial charge in [0.05, 0.1) is 11.1 Å². The van der Waals surface area contributed by atoms with E-state index >= 15 is 0 Å². The fourth-order valence-corrected chi connectivity index (χ4v) is 3.61. The fraction of sp³-hybridized carbons (Fsp3) is 0.100. The summed E-state index contributed by atoms with van der Waals surface area (Å²) in [6.45, 7) is 1.92. The molecular weight excluding hydrogens is 378 g/mol. The number of carbonyl (C=O) groups is 2. The second-order valence-electron chi connectivity index (χ2n) is 6.64. The Hall–Kier alpha value is -3.45. The third-order valence-corrected chi connectivity index (χ3v) is 5.06. The summed E-state index contributed by atoms with van der Waals surface area (Å²) in [4.78, 5) is 30.9. The average molecular weight is 392 g/mol. The first-order valence-corrected chi connectivity index (χ1v) is 9.06. The maximum absolute atomic E-state index is 12.7. The summed E-state index contributed by atoms with van der Waals surface area (Å²) in [6, 6.07) is 13.9. The molecule has 3 heterocycles. The highest BCUT2D eigenvalue weighted by atomic mass is 35.5. The van der Waals surface area contributed by atoms with Gasteiger partial charge in [-0.1, -0.05) is 35.9 Å². The molecule has 0 saturated carbocycles. The Morgan fingerprint density at radius 2 is 1.64 bits per heavy atom. The van der Waals surface area contributed by atoms with Gasteiger partial charge in [-0.05, 0) is 42.8 Å².